The summed E-state index contributed by atoms with van der Waals surface area (Å²) in [6.07, 6.45) is 8.58. The zero-order valence-corrected chi connectivity index (χ0v) is 23.0. The lowest BCUT2D eigenvalue weighted by atomic mass is 10.0. The third-order valence-corrected chi connectivity index (χ3v) is 8.28. The molecule has 1 saturated carbocycles. The van der Waals surface area contributed by atoms with E-state index in [1.807, 2.05) is 12.3 Å². The minimum Gasteiger partial charge on any atom is -0.385 e. The molecule has 2 fully saturated rings. The highest BCUT2D eigenvalue weighted by Crippen LogP contribution is 2.33. The predicted molar refractivity (Wildman–Crippen MR) is 153 cm³/mol. The first-order valence-corrected chi connectivity index (χ1v) is 14.2. The van der Waals surface area contributed by atoms with Gasteiger partial charge in [-0.3, -0.25) is 9.69 Å². The fraction of sp³-hybridized carbons (Fsp3) is 0.452. The van der Waals surface area contributed by atoms with Gasteiger partial charge in [-0.1, -0.05) is 37.1 Å². The highest BCUT2D eigenvalue weighted by molar-refractivity contribution is 6.06. The fourth-order valence-electron chi connectivity index (χ4n) is 5.92. The molecule has 3 aromatic rings. The second kappa shape index (κ2) is 11.3. The first kappa shape index (κ1) is 25.8. The van der Waals surface area contributed by atoms with Gasteiger partial charge in [-0.15, -0.1) is 0 Å². The largest absolute Gasteiger partial charge is 0.385 e. The van der Waals surface area contributed by atoms with Crippen LogP contribution in [0.5, 0.6) is 0 Å². The van der Waals surface area contributed by atoms with Gasteiger partial charge in [0.15, 0.2) is 5.65 Å². The Balaban J connectivity index is 1.30. The van der Waals surface area contributed by atoms with Crippen LogP contribution < -0.4 is 10.6 Å². The molecule has 3 aliphatic rings. The molecule has 1 amide bonds. The van der Waals surface area contributed by atoms with Crippen molar-refractivity contribution >= 4 is 16.9 Å². The lowest BCUT2D eigenvalue weighted by Gasteiger charge is -2.26. The quantitative estimate of drug-likeness (QED) is 0.468. The van der Waals surface area contributed by atoms with Crippen molar-refractivity contribution in [3.63, 3.8) is 0 Å². The van der Waals surface area contributed by atoms with Crippen molar-refractivity contribution in [2.24, 2.45) is 0 Å². The Kier molecular flexibility index (Phi) is 7.48. The smallest absolute Gasteiger partial charge is 0.252 e. The summed E-state index contributed by atoms with van der Waals surface area (Å²) >= 11 is 0. The maximum Gasteiger partial charge on any atom is 0.252 e. The molecule has 0 unspecified atom stereocenters. The van der Waals surface area contributed by atoms with Gasteiger partial charge in [-0.25, -0.2) is 9.67 Å². The molecule has 1 aromatic carbocycles. The zero-order chi connectivity index (χ0) is 26.8. The van der Waals surface area contributed by atoms with Crippen molar-refractivity contribution in [3.8, 4) is 11.3 Å². The Bertz CT molecular complexity index is 1410. The van der Waals surface area contributed by atoms with Crippen molar-refractivity contribution in [2.45, 2.75) is 52.1 Å². The monoisotopic (exact) mass is 526 g/mol. The second-order valence-electron chi connectivity index (χ2n) is 11.1. The van der Waals surface area contributed by atoms with Crippen LogP contribution in [-0.4, -0.2) is 65.0 Å². The standard InChI is InChI=1S/C31H38N6O2/c1-21-15-22(2)32-17-25(21)18-33-31(38)27-16-29(35-30-28(27)19-34-37(30)26-5-3-4-6-26)24-9-7-23(8-10-24)20-36-11-13-39-14-12-36/h7-10,15-16,19,26,32H,3-6,11-14,17-18,20H2,1-2H3,(H,33,38). The van der Waals surface area contributed by atoms with Crippen LogP contribution in [0.15, 0.2) is 59.4 Å². The molecule has 2 N–H and O–H groups in total. The number of nitrogens with zero attached hydrogens (tertiary/aromatic N) is 4. The van der Waals surface area contributed by atoms with Gasteiger partial charge >= 0.3 is 0 Å². The molecule has 0 atom stereocenters. The van der Waals surface area contributed by atoms with E-state index in [1.54, 1.807) is 0 Å². The molecule has 8 heteroatoms. The molecule has 4 heterocycles. The Morgan fingerprint density at radius 1 is 1.13 bits per heavy atom. The summed E-state index contributed by atoms with van der Waals surface area (Å²) in [6, 6.07) is 10.9. The van der Waals surface area contributed by atoms with Crippen LogP contribution in [0.3, 0.4) is 0 Å². The maximum atomic E-state index is 13.6. The van der Waals surface area contributed by atoms with Crippen LogP contribution in [0.1, 0.15) is 61.5 Å². The molecule has 39 heavy (non-hydrogen) atoms. The van der Waals surface area contributed by atoms with Crippen LogP contribution in [-0.2, 0) is 11.3 Å². The molecule has 2 aliphatic heterocycles. The summed E-state index contributed by atoms with van der Waals surface area (Å²) < 4.78 is 7.54. The molecule has 6 rings (SSSR count). The summed E-state index contributed by atoms with van der Waals surface area (Å²) in [5, 5.41) is 12.1. The molecule has 1 aliphatic carbocycles. The molecule has 0 radical (unpaired) electrons. The number of nitrogens with one attached hydrogen (secondary N) is 2. The van der Waals surface area contributed by atoms with E-state index >= 15 is 0 Å². The minimum atomic E-state index is -0.0925. The number of aromatic nitrogens is 3. The second-order valence-corrected chi connectivity index (χ2v) is 11.1. The third kappa shape index (κ3) is 5.63. The number of hydrogen-bond donors (Lipinski definition) is 2. The van der Waals surface area contributed by atoms with E-state index in [4.69, 9.17) is 14.8 Å². The maximum absolute atomic E-state index is 13.6. The lowest BCUT2D eigenvalue weighted by Crippen LogP contribution is -2.35. The number of morpholine rings is 1. The molecule has 2 aromatic heterocycles. The van der Waals surface area contributed by atoms with E-state index in [-0.39, 0.29) is 5.91 Å². The van der Waals surface area contributed by atoms with Crippen molar-refractivity contribution in [3.05, 3.63) is 70.6 Å². The first-order valence-electron chi connectivity index (χ1n) is 14.2. The van der Waals surface area contributed by atoms with Crippen molar-refractivity contribution in [1.29, 1.82) is 0 Å². The highest BCUT2D eigenvalue weighted by atomic mass is 16.5. The molecule has 204 valence electrons. The van der Waals surface area contributed by atoms with Crippen LogP contribution in [0.2, 0.25) is 0 Å². The number of ether oxygens (including phenoxy) is 1. The molecular weight excluding hydrogens is 488 g/mol. The Morgan fingerprint density at radius 2 is 1.90 bits per heavy atom. The number of dihydropyridines is 1. The van der Waals surface area contributed by atoms with Crippen molar-refractivity contribution in [2.75, 3.05) is 39.4 Å². The van der Waals surface area contributed by atoms with Crippen molar-refractivity contribution < 1.29 is 9.53 Å². The first-order chi connectivity index (χ1) is 19.0. The number of hydrogen-bond acceptors (Lipinski definition) is 6. The Labute approximate surface area is 230 Å². The van der Waals surface area contributed by atoms with Gasteiger partial charge in [0.25, 0.3) is 5.91 Å². The number of carbonyl (C=O) groups is 1. The van der Waals surface area contributed by atoms with E-state index in [9.17, 15) is 4.79 Å². The van der Waals surface area contributed by atoms with Crippen LogP contribution in [0, 0.1) is 0 Å². The predicted octanol–water partition coefficient (Wildman–Crippen LogP) is 4.60. The Morgan fingerprint density at radius 3 is 2.64 bits per heavy atom. The fourth-order valence-corrected chi connectivity index (χ4v) is 5.92. The van der Waals surface area contributed by atoms with Gasteiger partial charge in [0.05, 0.1) is 42.1 Å². The van der Waals surface area contributed by atoms with E-state index in [1.165, 1.54) is 29.6 Å². The topological polar surface area (TPSA) is 84.3 Å². The number of benzene rings is 1. The summed E-state index contributed by atoms with van der Waals surface area (Å²) in [5.41, 5.74) is 8.06. The average molecular weight is 527 g/mol. The van der Waals surface area contributed by atoms with E-state index in [2.05, 4.69) is 64.4 Å². The SMILES string of the molecule is CC1=CC(C)=C(CNC(=O)c2cc(-c3ccc(CN4CCOCC4)cc3)nc3c2cnn3C2CCCC2)CN1. The lowest BCUT2D eigenvalue weighted by molar-refractivity contribution is 0.0342. The summed E-state index contributed by atoms with van der Waals surface area (Å²) in [5.74, 6) is -0.0925. The highest BCUT2D eigenvalue weighted by Gasteiger charge is 2.24. The van der Waals surface area contributed by atoms with Gasteiger partial charge in [0, 0.05) is 44.0 Å². The van der Waals surface area contributed by atoms with Crippen LogP contribution >= 0.6 is 0 Å². The van der Waals surface area contributed by atoms with E-state index in [0.717, 1.165) is 80.2 Å². The van der Waals surface area contributed by atoms with Gasteiger partial charge in [-0.05, 0) is 55.5 Å². The van der Waals surface area contributed by atoms with Crippen LogP contribution in [0.4, 0.5) is 0 Å². The number of carbonyl (C=O) groups excluding carboxylic acids is 1. The van der Waals surface area contributed by atoms with Gasteiger partial charge in [-0.2, -0.15) is 5.10 Å². The number of amides is 1. The van der Waals surface area contributed by atoms with Gasteiger partial charge in [0.2, 0.25) is 0 Å². The molecule has 1 saturated heterocycles. The van der Waals surface area contributed by atoms with Crippen molar-refractivity contribution in [1.82, 2.24) is 30.3 Å². The number of allylic oxidation sites excluding steroid dienone is 3. The molecule has 0 bridgehead atoms. The number of pyridine rings is 1. The average Bonchev–Trinajstić information content (AvgIpc) is 3.63. The normalized spacial score (nSPS) is 18.9. The molecular formula is C31H38N6O2. The van der Waals surface area contributed by atoms with E-state index in [0.29, 0.717) is 18.2 Å². The summed E-state index contributed by atoms with van der Waals surface area (Å²) in [4.78, 5) is 21.1. The summed E-state index contributed by atoms with van der Waals surface area (Å²) in [6.45, 7) is 9.86. The number of rotatable bonds is 7. The van der Waals surface area contributed by atoms with Gasteiger partial charge < -0.3 is 15.4 Å². The molecule has 8 nitrogen and oxygen atoms in total. The minimum absolute atomic E-state index is 0.0925. The molecule has 0 spiro atoms. The number of fused-ring (bicyclic) bond motifs is 1. The zero-order valence-electron chi connectivity index (χ0n) is 23.0. The van der Waals surface area contributed by atoms with Crippen LogP contribution in [0.25, 0.3) is 22.3 Å². The van der Waals surface area contributed by atoms with Gasteiger partial charge in [0.1, 0.15) is 0 Å². The Hall–Kier alpha value is -3.49. The third-order valence-electron chi connectivity index (χ3n) is 8.28. The van der Waals surface area contributed by atoms with E-state index < -0.39 is 0 Å². The summed E-state index contributed by atoms with van der Waals surface area (Å²) in [7, 11) is 0.